The number of nitrogens with zero attached hydrogens (tertiary/aromatic N) is 2. The molecule has 0 spiro atoms. The Labute approximate surface area is 97.1 Å². The van der Waals surface area contributed by atoms with Crippen molar-refractivity contribution >= 4 is 11.5 Å². The second-order valence-corrected chi connectivity index (χ2v) is 4.10. The Hall–Kier alpha value is -1.29. The van der Waals surface area contributed by atoms with Gasteiger partial charge in [-0.15, -0.1) is 0 Å². The van der Waals surface area contributed by atoms with E-state index in [4.69, 9.17) is 10.8 Å². The number of hydrogen-bond acceptors (Lipinski definition) is 4. The van der Waals surface area contributed by atoms with Crippen LogP contribution >= 0.6 is 0 Å². The van der Waals surface area contributed by atoms with Crippen molar-refractivity contribution in [2.24, 2.45) is 0 Å². The lowest BCUT2D eigenvalue weighted by atomic mass is 10.2. The van der Waals surface area contributed by atoms with Crippen LogP contribution in [0.3, 0.4) is 0 Å². The number of nitrogen functional groups attached to an aromatic ring is 1. The van der Waals surface area contributed by atoms with Gasteiger partial charge in [0.2, 0.25) is 0 Å². The van der Waals surface area contributed by atoms with Gasteiger partial charge in [-0.05, 0) is 37.8 Å². The summed E-state index contributed by atoms with van der Waals surface area (Å²) in [6.07, 6.45) is 4.70. The van der Waals surface area contributed by atoms with E-state index in [1.54, 1.807) is 6.20 Å². The molecule has 0 radical (unpaired) electrons. The van der Waals surface area contributed by atoms with Gasteiger partial charge < -0.3 is 15.7 Å². The molecule has 0 saturated heterocycles. The van der Waals surface area contributed by atoms with E-state index >= 15 is 0 Å². The third kappa shape index (κ3) is 3.70. The first-order chi connectivity index (χ1) is 7.65. The summed E-state index contributed by atoms with van der Waals surface area (Å²) in [7, 11) is 2.02. The van der Waals surface area contributed by atoms with Crippen LogP contribution in [0.25, 0.3) is 0 Å². The third-order valence-electron chi connectivity index (χ3n) is 2.68. The minimum Gasteiger partial charge on any atom is -0.397 e. The molecule has 4 heteroatoms. The predicted molar refractivity (Wildman–Crippen MR) is 67.6 cm³/mol. The molecule has 0 atom stereocenters. The molecule has 0 aliphatic heterocycles. The molecule has 0 aromatic carbocycles. The number of anilines is 2. The summed E-state index contributed by atoms with van der Waals surface area (Å²) in [5, 5.41) is 8.68. The first-order valence-electron chi connectivity index (χ1n) is 5.69. The van der Waals surface area contributed by atoms with Crippen LogP contribution in [0.15, 0.2) is 12.3 Å². The molecule has 0 unspecified atom stereocenters. The van der Waals surface area contributed by atoms with Crippen molar-refractivity contribution in [3.05, 3.63) is 17.8 Å². The number of rotatable bonds is 6. The van der Waals surface area contributed by atoms with Crippen molar-refractivity contribution in [1.82, 2.24) is 4.98 Å². The second-order valence-electron chi connectivity index (χ2n) is 4.10. The first kappa shape index (κ1) is 12.8. The zero-order valence-electron chi connectivity index (χ0n) is 10.1. The molecule has 0 fully saturated rings. The zero-order valence-corrected chi connectivity index (χ0v) is 10.1. The second kappa shape index (κ2) is 6.33. The number of aliphatic hydroxyl groups excluding tert-OH is 1. The molecule has 1 aromatic rings. The molecule has 0 aliphatic rings. The third-order valence-corrected chi connectivity index (χ3v) is 2.68. The lowest BCUT2D eigenvalue weighted by Crippen LogP contribution is -2.20. The van der Waals surface area contributed by atoms with Gasteiger partial charge in [0.25, 0.3) is 0 Å². The zero-order chi connectivity index (χ0) is 12.0. The molecule has 0 bridgehead atoms. The molecule has 0 aliphatic carbocycles. The molecular weight excluding hydrogens is 202 g/mol. The van der Waals surface area contributed by atoms with Gasteiger partial charge in [0.15, 0.2) is 0 Å². The maximum absolute atomic E-state index is 8.68. The van der Waals surface area contributed by atoms with E-state index in [9.17, 15) is 0 Å². The Morgan fingerprint density at radius 3 is 2.75 bits per heavy atom. The summed E-state index contributed by atoms with van der Waals surface area (Å²) in [5.74, 6) is 0.954. The fourth-order valence-electron chi connectivity index (χ4n) is 1.51. The quantitative estimate of drug-likeness (QED) is 0.719. The van der Waals surface area contributed by atoms with Crippen molar-refractivity contribution in [2.75, 3.05) is 30.8 Å². The highest BCUT2D eigenvalue weighted by molar-refractivity contribution is 5.51. The maximum atomic E-state index is 8.68. The van der Waals surface area contributed by atoms with Crippen LogP contribution in [0.2, 0.25) is 0 Å². The van der Waals surface area contributed by atoms with Crippen LogP contribution in [-0.2, 0) is 0 Å². The van der Waals surface area contributed by atoms with Gasteiger partial charge in [0, 0.05) is 20.2 Å². The van der Waals surface area contributed by atoms with Gasteiger partial charge in [-0.25, -0.2) is 4.98 Å². The van der Waals surface area contributed by atoms with Crippen molar-refractivity contribution < 1.29 is 5.11 Å². The van der Waals surface area contributed by atoms with Crippen LogP contribution in [0.5, 0.6) is 0 Å². The average molecular weight is 223 g/mol. The molecular formula is C12H21N3O. The fraction of sp³-hybridized carbons (Fsp3) is 0.583. The standard InChI is InChI=1S/C12H21N3O/c1-10-8-12(14-9-11(10)13)15(2)6-4-3-5-7-16/h8-9,16H,3-7,13H2,1-2H3. The molecule has 0 saturated carbocycles. The van der Waals surface area contributed by atoms with Gasteiger partial charge in [0.1, 0.15) is 5.82 Å². The maximum Gasteiger partial charge on any atom is 0.128 e. The minimum absolute atomic E-state index is 0.281. The number of unbranched alkanes of at least 4 members (excludes halogenated alkanes) is 2. The first-order valence-corrected chi connectivity index (χ1v) is 5.69. The molecule has 3 N–H and O–H groups in total. The van der Waals surface area contributed by atoms with Gasteiger partial charge in [0.05, 0.1) is 11.9 Å². The summed E-state index contributed by atoms with van der Waals surface area (Å²) >= 11 is 0. The van der Waals surface area contributed by atoms with Crippen LogP contribution < -0.4 is 10.6 Å². The van der Waals surface area contributed by atoms with E-state index in [-0.39, 0.29) is 6.61 Å². The number of nitrogens with two attached hydrogens (primary N) is 1. The number of hydrogen-bond donors (Lipinski definition) is 2. The number of aryl methyl sites for hydroxylation is 1. The summed E-state index contributed by atoms with van der Waals surface area (Å²) in [4.78, 5) is 6.40. The summed E-state index contributed by atoms with van der Waals surface area (Å²) in [5.41, 5.74) is 7.52. The molecule has 1 heterocycles. The summed E-state index contributed by atoms with van der Waals surface area (Å²) in [6, 6.07) is 2.00. The molecule has 16 heavy (non-hydrogen) atoms. The molecule has 90 valence electrons. The Bertz CT molecular complexity index is 328. The number of pyridine rings is 1. The van der Waals surface area contributed by atoms with E-state index in [2.05, 4.69) is 9.88 Å². The average Bonchev–Trinajstić information content (AvgIpc) is 2.28. The predicted octanol–water partition coefficient (Wildman–Crippen LogP) is 1.57. The van der Waals surface area contributed by atoms with Crippen molar-refractivity contribution in [2.45, 2.75) is 26.2 Å². The Balaban J connectivity index is 2.46. The fourth-order valence-corrected chi connectivity index (χ4v) is 1.51. The van der Waals surface area contributed by atoms with E-state index in [1.165, 1.54) is 0 Å². The molecule has 4 nitrogen and oxygen atoms in total. The topological polar surface area (TPSA) is 62.4 Å². The lowest BCUT2D eigenvalue weighted by molar-refractivity contribution is 0.283. The monoisotopic (exact) mass is 223 g/mol. The normalized spacial score (nSPS) is 10.4. The van der Waals surface area contributed by atoms with Crippen molar-refractivity contribution in [3.8, 4) is 0 Å². The Morgan fingerprint density at radius 2 is 2.12 bits per heavy atom. The lowest BCUT2D eigenvalue weighted by Gasteiger charge is -2.18. The van der Waals surface area contributed by atoms with E-state index in [0.717, 1.165) is 42.9 Å². The van der Waals surface area contributed by atoms with Crippen molar-refractivity contribution in [3.63, 3.8) is 0 Å². The smallest absolute Gasteiger partial charge is 0.128 e. The van der Waals surface area contributed by atoms with E-state index in [1.807, 2.05) is 20.0 Å². The Kier molecular flexibility index (Phi) is 5.05. The number of aromatic nitrogens is 1. The van der Waals surface area contributed by atoms with E-state index in [0.29, 0.717) is 0 Å². The summed E-state index contributed by atoms with van der Waals surface area (Å²) < 4.78 is 0. The number of aliphatic hydroxyl groups is 1. The van der Waals surface area contributed by atoms with Crippen LogP contribution in [0.4, 0.5) is 11.5 Å². The van der Waals surface area contributed by atoms with Gasteiger partial charge in [-0.2, -0.15) is 0 Å². The highest BCUT2D eigenvalue weighted by atomic mass is 16.2. The highest BCUT2D eigenvalue weighted by Crippen LogP contribution is 2.16. The minimum atomic E-state index is 0.281. The van der Waals surface area contributed by atoms with Crippen LogP contribution in [-0.4, -0.2) is 30.3 Å². The van der Waals surface area contributed by atoms with Gasteiger partial charge in [-0.3, -0.25) is 0 Å². The van der Waals surface area contributed by atoms with Crippen LogP contribution in [0, 0.1) is 6.92 Å². The molecule has 1 aromatic heterocycles. The largest absolute Gasteiger partial charge is 0.397 e. The SMILES string of the molecule is Cc1cc(N(C)CCCCCO)ncc1N. The molecule has 0 amide bonds. The van der Waals surface area contributed by atoms with E-state index < -0.39 is 0 Å². The van der Waals surface area contributed by atoms with Crippen molar-refractivity contribution in [1.29, 1.82) is 0 Å². The molecule has 1 rings (SSSR count). The Morgan fingerprint density at radius 1 is 1.38 bits per heavy atom. The van der Waals surface area contributed by atoms with Crippen LogP contribution in [0.1, 0.15) is 24.8 Å². The van der Waals surface area contributed by atoms with Gasteiger partial charge in [-0.1, -0.05) is 0 Å². The summed E-state index contributed by atoms with van der Waals surface area (Å²) in [6.45, 7) is 3.22. The van der Waals surface area contributed by atoms with Gasteiger partial charge >= 0.3 is 0 Å². The highest BCUT2D eigenvalue weighted by Gasteiger charge is 2.03.